The average Bonchev–Trinajstić information content (AvgIpc) is 2.25. The molecule has 2 aromatic rings. The van der Waals surface area contributed by atoms with Gasteiger partial charge in [0.15, 0.2) is 0 Å². The van der Waals surface area contributed by atoms with Crippen molar-refractivity contribution in [1.82, 2.24) is 0 Å². The second-order valence-corrected chi connectivity index (χ2v) is 6.80. The van der Waals surface area contributed by atoms with E-state index < -0.39 is 10.0 Å². The highest BCUT2D eigenvalue weighted by Crippen LogP contribution is 2.33. The largest absolute Gasteiger partial charge is 0.399 e. The minimum Gasteiger partial charge on any atom is -0.399 e. The van der Waals surface area contributed by atoms with Crippen molar-refractivity contribution in [2.45, 2.75) is 4.90 Å². The molecule has 0 saturated carbocycles. The van der Waals surface area contributed by atoms with Crippen LogP contribution in [0.1, 0.15) is 0 Å². The van der Waals surface area contributed by atoms with Gasteiger partial charge in [0.1, 0.15) is 4.90 Å². The zero-order valence-electron chi connectivity index (χ0n) is 9.90. The average molecular weight is 352 g/mol. The van der Waals surface area contributed by atoms with Crippen molar-refractivity contribution in [3.63, 3.8) is 0 Å². The van der Waals surface area contributed by atoms with Crippen LogP contribution in [0.3, 0.4) is 0 Å². The number of rotatable bonds is 3. The molecule has 0 amide bonds. The van der Waals surface area contributed by atoms with Crippen LogP contribution in [0.5, 0.6) is 0 Å². The van der Waals surface area contributed by atoms with E-state index in [9.17, 15) is 8.42 Å². The fourth-order valence-electron chi connectivity index (χ4n) is 1.59. The van der Waals surface area contributed by atoms with Crippen molar-refractivity contribution in [3.8, 4) is 0 Å². The van der Waals surface area contributed by atoms with Gasteiger partial charge in [0.2, 0.25) is 0 Å². The van der Waals surface area contributed by atoms with Crippen LogP contribution < -0.4 is 10.5 Å². The first kappa shape index (κ1) is 15.3. The van der Waals surface area contributed by atoms with Crippen molar-refractivity contribution in [3.05, 3.63) is 51.5 Å². The first-order valence-corrected chi connectivity index (χ1v) is 7.94. The Morgan fingerprint density at radius 3 is 2.15 bits per heavy atom. The monoisotopic (exact) mass is 350 g/mol. The Bertz CT molecular complexity index is 740. The molecule has 0 heterocycles. The summed E-state index contributed by atoms with van der Waals surface area (Å²) in [5.74, 6) is 0. The lowest BCUT2D eigenvalue weighted by molar-refractivity contribution is 0.601. The number of nitrogen functional groups attached to an aromatic ring is 1. The molecule has 0 saturated heterocycles. The molecule has 0 unspecified atom stereocenters. The third-order valence-electron chi connectivity index (χ3n) is 2.37. The molecule has 0 aromatic heterocycles. The van der Waals surface area contributed by atoms with Gasteiger partial charge in [-0.3, -0.25) is 4.72 Å². The van der Waals surface area contributed by atoms with E-state index in [0.717, 1.165) is 0 Å². The molecule has 0 radical (unpaired) electrons. The molecule has 0 aliphatic carbocycles. The van der Waals surface area contributed by atoms with Crippen LogP contribution in [0.25, 0.3) is 0 Å². The van der Waals surface area contributed by atoms with Crippen molar-refractivity contribution >= 4 is 56.2 Å². The Morgan fingerprint density at radius 2 is 1.60 bits per heavy atom. The molecule has 4 nitrogen and oxygen atoms in total. The first-order chi connectivity index (χ1) is 9.29. The first-order valence-electron chi connectivity index (χ1n) is 5.32. The van der Waals surface area contributed by atoms with Gasteiger partial charge in [0.05, 0.1) is 15.7 Å². The van der Waals surface area contributed by atoms with Gasteiger partial charge in [0, 0.05) is 10.7 Å². The predicted octanol–water partition coefficient (Wildman–Crippen LogP) is 4.03. The van der Waals surface area contributed by atoms with E-state index in [0.29, 0.717) is 10.7 Å². The standard InChI is InChI=1S/C12H9Cl3N2O2S/c13-7-2-1-3-9(4-7)17-20(18,19)12-10(14)5-8(16)6-11(12)15/h1-6,17H,16H2. The molecule has 2 aromatic carbocycles. The number of hydrogen-bond acceptors (Lipinski definition) is 3. The molecule has 106 valence electrons. The summed E-state index contributed by atoms with van der Waals surface area (Å²) in [5, 5.41) is 0.300. The van der Waals surface area contributed by atoms with E-state index in [-0.39, 0.29) is 20.6 Å². The number of nitrogens with one attached hydrogen (secondary N) is 1. The maximum Gasteiger partial charge on any atom is 0.264 e. The van der Waals surface area contributed by atoms with Crippen LogP contribution >= 0.6 is 34.8 Å². The second kappa shape index (κ2) is 5.69. The summed E-state index contributed by atoms with van der Waals surface area (Å²) in [6, 6.07) is 8.91. The molecule has 3 N–H and O–H groups in total. The van der Waals surface area contributed by atoms with Crippen molar-refractivity contribution in [1.29, 1.82) is 0 Å². The van der Waals surface area contributed by atoms with Crippen LogP contribution in [-0.2, 0) is 10.0 Å². The molecule has 0 bridgehead atoms. The number of nitrogens with two attached hydrogens (primary N) is 1. The van der Waals surface area contributed by atoms with Crippen LogP contribution in [0, 0.1) is 0 Å². The highest BCUT2D eigenvalue weighted by atomic mass is 35.5. The van der Waals surface area contributed by atoms with E-state index in [2.05, 4.69) is 4.72 Å². The molecule has 20 heavy (non-hydrogen) atoms. The quantitative estimate of drug-likeness (QED) is 0.820. The van der Waals surface area contributed by atoms with E-state index in [1.54, 1.807) is 18.2 Å². The Labute approximate surface area is 131 Å². The third kappa shape index (κ3) is 3.30. The van der Waals surface area contributed by atoms with Gasteiger partial charge < -0.3 is 5.73 Å². The van der Waals surface area contributed by atoms with E-state index in [1.165, 1.54) is 18.2 Å². The topological polar surface area (TPSA) is 72.2 Å². The van der Waals surface area contributed by atoms with Gasteiger partial charge in [-0.2, -0.15) is 0 Å². The van der Waals surface area contributed by atoms with Gasteiger partial charge in [-0.25, -0.2) is 8.42 Å². The van der Waals surface area contributed by atoms with Gasteiger partial charge in [-0.1, -0.05) is 40.9 Å². The summed E-state index contributed by atoms with van der Waals surface area (Å²) in [4.78, 5) is -0.227. The lowest BCUT2D eigenvalue weighted by atomic mass is 10.3. The van der Waals surface area contributed by atoms with Crippen LogP contribution in [0.2, 0.25) is 15.1 Å². The van der Waals surface area contributed by atoms with Crippen LogP contribution in [0.15, 0.2) is 41.3 Å². The van der Waals surface area contributed by atoms with Gasteiger partial charge >= 0.3 is 0 Å². The second-order valence-electron chi connectivity index (χ2n) is 3.93. The summed E-state index contributed by atoms with van der Waals surface area (Å²) in [6.45, 7) is 0. The Kier molecular flexibility index (Phi) is 4.34. The number of hydrogen-bond donors (Lipinski definition) is 2. The summed E-state index contributed by atoms with van der Waals surface area (Å²) < 4.78 is 27.0. The SMILES string of the molecule is Nc1cc(Cl)c(S(=O)(=O)Nc2cccc(Cl)c2)c(Cl)c1. The normalized spacial score (nSPS) is 11.3. The molecule has 0 spiro atoms. The minimum absolute atomic E-state index is 0.0514. The lowest BCUT2D eigenvalue weighted by Crippen LogP contribution is -2.14. The van der Waals surface area contributed by atoms with Gasteiger partial charge in [-0.15, -0.1) is 0 Å². The number of sulfonamides is 1. The number of benzene rings is 2. The predicted molar refractivity (Wildman–Crippen MR) is 83.1 cm³/mol. The fourth-order valence-corrected chi connectivity index (χ4v) is 4.07. The molecule has 0 aliphatic heterocycles. The van der Waals surface area contributed by atoms with Crippen molar-refractivity contribution in [2.24, 2.45) is 0 Å². The Balaban J connectivity index is 2.46. The van der Waals surface area contributed by atoms with Crippen LogP contribution in [-0.4, -0.2) is 8.42 Å². The minimum atomic E-state index is -3.94. The van der Waals surface area contributed by atoms with E-state index >= 15 is 0 Å². The summed E-state index contributed by atoms with van der Waals surface area (Å²) in [5.41, 5.74) is 6.13. The zero-order chi connectivity index (χ0) is 14.9. The number of halogens is 3. The van der Waals surface area contributed by atoms with E-state index in [1.807, 2.05) is 0 Å². The van der Waals surface area contributed by atoms with Gasteiger partial charge in [-0.05, 0) is 30.3 Å². The molecule has 2 rings (SSSR count). The Morgan fingerprint density at radius 1 is 1.00 bits per heavy atom. The molecule has 8 heteroatoms. The molecular weight excluding hydrogens is 343 g/mol. The smallest absolute Gasteiger partial charge is 0.264 e. The van der Waals surface area contributed by atoms with Crippen molar-refractivity contribution in [2.75, 3.05) is 10.5 Å². The number of anilines is 2. The highest BCUT2D eigenvalue weighted by Gasteiger charge is 2.22. The van der Waals surface area contributed by atoms with Crippen molar-refractivity contribution < 1.29 is 8.42 Å². The summed E-state index contributed by atoms with van der Waals surface area (Å²) in [6.07, 6.45) is 0. The summed E-state index contributed by atoms with van der Waals surface area (Å²) >= 11 is 17.6. The van der Waals surface area contributed by atoms with Crippen LogP contribution in [0.4, 0.5) is 11.4 Å². The van der Waals surface area contributed by atoms with Gasteiger partial charge in [0.25, 0.3) is 10.0 Å². The zero-order valence-corrected chi connectivity index (χ0v) is 13.0. The maximum atomic E-state index is 12.3. The van der Waals surface area contributed by atoms with E-state index in [4.69, 9.17) is 40.5 Å². The third-order valence-corrected chi connectivity index (χ3v) is 4.90. The summed E-state index contributed by atoms with van der Waals surface area (Å²) in [7, 11) is -3.94. The highest BCUT2D eigenvalue weighted by molar-refractivity contribution is 7.93. The fraction of sp³-hybridized carbons (Fsp3) is 0. The maximum absolute atomic E-state index is 12.3. The lowest BCUT2D eigenvalue weighted by Gasteiger charge is -2.11. The Hall–Kier alpha value is -1.14. The molecule has 0 aliphatic rings. The molecule has 0 fully saturated rings. The molecule has 0 atom stereocenters. The molecular formula is C12H9Cl3N2O2S.